The molecule has 0 aliphatic carbocycles. The van der Waals surface area contributed by atoms with Crippen molar-refractivity contribution < 1.29 is 0 Å². The van der Waals surface area contributed by atoms with E-state index in [1.807, 2.05) is 31.2 Å². The predicted molar refractivity (Wildman–Crippen MR) is 65.4 cm³/mol. The molecule has 0 spiro atoms. The topological polar surface area (TPSA) is 54.7 Å². The van der Waals surface area contributed by atoms with Gasteiger partial charge < -0.3 is 10.7 Å². The summed E-state index contributed by atoms with van der Waals surface area (Å²) in [5.41, 5.74) is 7.84. The number of hydrogen-bond acceptors (Lipinski definition) is 2. The normalized spacial score (nSPS) is 12.7. The van der Waals surface area contributed by atoms with E-state index in [1.54, 1.807) is 6.20 Å². The monoisotopic (exact) mass is 235 g/mol. The second-order valence-electron chi connectivity index (χ2n) is 3.88. The molecule has 1 atom stereocenters. The third-order valence-corrected chi connectivity index (χ3v) is 2.63. The van der Waals surface area contributed by atoms with E-state index in [9.17, 15) is 0 Å². The Kier molecular flexibility index (Phi) is 3.27. The minimum atomic E-state index is -0.0133. The molecule has 16 heavy (non-hydrogen) atoms. The van der Waals surface area contributed by atoms with Crippen molar-refractivity contribution in [3.05, 3.63) is 52.6 Å². The Balaban J connectivity index is 2.14. The highest BCUT2D eigenvalue weighted by molar-refractivity contribution is 6.30. The van der Waals surface area contributed by atoms with Gasteiger partial charge in [-0.05, 0) is 24.6 Å². The molecule has 0 aliphatic heterocycles. The third kappa shape index (κ3) is 2.62. The fourth-order valence-corrected chi connectivity index (χ4v) is 1.75. The van der Waals surface area contributed by atoms with E-state index in [0.29, 0.717) is 0 Å². The van der Waals surface area contributed by atoms with Crippen LogP contribution in [0, 0.1) is 0 Å². The molecule has 0 fully saturated rings. The van der Waals surface area contributed by atoms with E-state index < -0.39 is 0 Å². The smallest absolute Gasteiger partial charge is 0.110 e. The zero-order chi connectivity index (χ0) is 11.5. The number of halogens is 1. The maximum atomic E-state index is 5.92. The Morgan fingerprint density at radius 2 is 2.31 bits per heavy atom. The molecular weight excluding hydrogens is 222 g/mol. The van der Waals surface area contributed by atoms with E-state index in [-0.39, 0.29) is 6.04 Å². The molecule has 0 saturated carbocycles. The van der Waals surface area contributed by atoms with Gasteiger partial charge >= 0.3 is 0 Å². The number of imidazole rings is 1. The van der Waals surface area contributed by atoms with Crippen molar-refractivity contribution in [1.82, 2.24) is 9.97 Å². The predicted octanol–water partition coefficient (Wildman–Crippen LogP) is 2.67. The fourth-order valence-electron chi connectivity index (χ4n) is 1.54. The van der Waals surface area contributed by atoms with Gasteiger partial charge in [0.1, 0.15) is 5.82 Å². The molecule has 4 heteroatoms. The maximum absolute atomic E-state index is 5.92. The molecular formula is C12H14ClN3. The van der Waals surface area contributed by atoms with Gasteiger partial charge in [-0.3, -0.25) is 0 Å². The van der Waals surface area contributed by atoms with Crippen LogP contribution in [-0.4, -0.2) is 9.97 Å². The van der Waals surface area contributed by atoms with E-state index in [4.69, 9.17) is 17.3 Å². The van der Waals surface area contributed by atoms with Gasteiger partial charge in [0.25, 0.3) is 0 Å². The van der Waals surface area contributed by atoms with Crippen LogP contribution < -0.4 is 5.73 Å². The van der Waals surface area contributed by atoms with Crippen molar-refractivity contribution in [1.29, 1.82) is 0 Å². The first-order valence-corrected chi connectivity index (χ1v) is 5.57. The lowest BCUT2D eigenvalue weighted by Gasteiger charge is -2.01. The molecule has 0 amide bonds. The summed E-state index contributed by atoms with van der Waals surface area (Å²) >= 11 is 5.92. The SMILES string of the molecule is CC(N)c1cnc(Cc2cccc(Cl)c2)[nH]1. The summed E-state index contributed by atoms with van der Waals surface area (Å²) in [6.45, 7) is 1.93. The Hall–Kier alpha value is -1.32. The Labute approximate surface area is 99.7 Å². The first-order valence-electron chi connectivity index (χ1n) is 5.19. The molecule has 1 aromatic carbocycles. The van der Waals surface area contributed by atoms with Crippen LogP contribution in [0.15, 0.2) is 30.5 Å². The molecule has 84 valence electrons. The molecule has 1 heterocycles. The number of H-pyrrole nitrogens is 1. The summed E-state index contributed by atoms with van der Waals surface area (Å²) in [4.78, 5) is 7.49. The summed E-state index contributed by atoms with van der Waals surface area (Å²) in [6, 6.07) is 7.75. The number of benzene rings is 1. The number of nitrogens with zero attached hydrogens (tertiary/aromatic N) is 1. The minimum Gasteiger partial charge on any atom is -0.344 e. The van der Waals surface area contributed by atoms with Gasteiger partial charge in [-0.25, -0.2) is 4.98 Å². The van der Waals surface area contributed by atoms with Gasteiger partial charge in [0.2, 0.25) is 0 Å². The summed E-state index contributed by atoms with van der Waals surface area (Å²) < 4.78 is 0. The Morgan fingerprint density at radius 1 is 1.50 bits per heavy atom. The molecule has 3 N–H and O–H groups in total. The summed E-state index contributed by atoms with van der Waals surface area (Å²) in [5, 5.41) is 0.747. The van der Waals surface area contributed by atoms with Gasteiger partial charge in [0.05, 0.1) is 5.69 Å². The number of aromatic nitrogens is 2. The highest BCUT2D eigenvalue weighted by Crippen LogP contribution is 2.14. The lowest BCUT2D eigenvalue weighted by molar-refractivity contribution is 0.784. The second kappa shape index (κ2) is 4.68. The molecule has 0 bridgehead atoms. The zero-order valence-electron chi connectivity index (χ0n) is 9.07. The van der Waals surface area contributed by atoms with Crippen LogP contribution in [0.3, 0.4) is 0 Å². The van der Waals surface area contributed by atoms with Crippen LogP contribution in [0.4, 0.5) is 0 Å². The van der Waals surface area contributed by atoms with E-state index in [2.05, 4.69) is 9.97 Å². The molecule has 2 aromatic rings. The fraction of sp³-hybridized carbons (Fsp3) is 0.250. The minimum absolute atomic E-state index is 0.0133. The molecule has 3 nitrogen and oxygen atoms in total. The summed E-state index contributed by atoms with van der Waals surface area (Å²) in [5.74, 6) is 0.912. The van der Waals surface area contributed by atoms with Gasteiger partial charge in [-0.15, -0.1) is 0 Å². The summed E-state index contributed by atoms with van der Waals surface area (Å²) in [7, 11) is 0. The average Bonchev–Trinajstić information content (AvgIpc) is 2.66. The average molecular weight is 236 g/mol. The van der Waals surface area contributed by atoms with Crippen molar-refractivity contribution in [2.75, 3.05) is 0 Å². The van der Waals surface area contributed by atoms with Crippen molar-refractivity contribution in [2.24, 2.45) is 5.73 Å². The Morgan fingerprint density at radius 3 is 2.94 bits per heavy atom. The first-order chi connectivity index (χ1) is 7.65. The number of hydrogen-bond donors (Lipinski definition) is 2. The standard InChI is InChI=1S/C12H14ClN3/c1-8(14)11-7-15-12(16-11)6-9-3-2-4-10(13)5-9/h2-5,7-8H,6,14H2,1H3,(H,15,16). The second-order valence-corrected chi connectivity index (χ2v) is 4.32. The third-order valence-electron chi connectivity index (χ3n) is 2.40. The van der Waals surface area contributed by atoms with Gasteiger partial charge in [0.15, 0.2) is 0 Å². The molecule has 1 aromatic heterocycles. The highest BCUT2D eigenvalue weighted by atomic mass is 35.5. The van der Waals surface area contributed by atoms with Crippen molar-refractivity contribution >= 4 is 11.6 Å². The first kappa shape index (κ1) is 11.2. The summed E-state index contributed by atoms with van der Waals surface area (Å²) in [6.07, 6.45) is 2.53. The van der Waals surface area contributed by atoms with Crippen LogP contribution in [0.2, 0.25) is 5.02 Å². The van der Waals surface area contributed by atoms with E-state index >= 15 is 0 Å². The lowest BCUT2D eigenvalue weighted by Crippen LogP contribution is -2.05. The van der Waals surface area contributed by atoms with Gasteiger partial charge in [-0.1, -0.05) is 23.7 Å². The Bertz CT molecular complexity index is 477. The van der Waals surface area contributed by atoms with Crippen LogP contribution in [0.25, 0.3) is 0 Å². The largest absolute Gasteiger partial charge is 0.344 e. The zero-order valence-corrected chi connectivity index (χ0v) is 9.83. The van der Waals surface area contributed by atoms with Gasteiger partial charge in [-0.2, -0.15) is 0 Å². The number of nitrogens with one attached hydrogen (secondary N) is 1. The van der Waals surface area contributed by atoms with E-state index in [0.717, 1.165) is 28.5 Å². The molecule has 1 unspecified atom stereocenters. The van der Waals surface area contributed by atoms with Crippen molar-refractivity contribution in [2.45, 2.75) is 19.4 Å². The quantitative estimate of drug-likeness (QED) is 0.860. The number of aromatic amines is 1. The molecule has 0 saturated heterocycles. The van der Waals surface area contributed by atoms with Crippen LogP contribution >= 0.6 is 11.6 Å². The van der Waals surface area contributed by atoms with Crippen LogP contribution in [0.1, 0.15) is 30.0 Å². The maximum Gasteiger partial charge on any atom is 0.110 e. The van der Waals surface area contributed by atoms with Crippen molar-refractivity contribution in [3.63, 3.8) is 0 Å². The highest BCUT2D eigenvalue weighted by Gasteiger charge is 2.05. The lowest BCUT2D eigenvalue weighted by atomic mass is 10.1. The number of rotatable bonds is 3. The van der Waals surface area contributed by atoms with Crippen molar-refractivity contribution in [3.8, 4) is 0 Å². The number of nitrogens with two attached hydrogens (primary N) is 1. The van der Waals surface area contributed by atoms with E-state index in [1.165, 1.54) is 0 Å². The van der Waals surface area contributed by atoms with Gasteiger partial charge in [0, 0.05) is 23.7 Å². The molecule has 2 rings (SSSR count). The van der Waals surface area contributed by atoms with Crippen LogP contribution in [0.5, 0.6) is 0 Å². The molecule has 0 radical (unpaired) electrons. The van der Waals surface area contributed by atoms with Crippen LogP contribution in [-0.2, 0) is 6.42 Å². The molecule has 0 aliphatic rings.